The zero-order valence-corrected chi connectivity index (χ0v) is 14.4. The summed E-state index contributed by atoms with van der Waals surface area (Å²) in [6, 6.07) is 5.05. The number of rotatable bonds is 5. The van der Waals surface area contributed by atoms with Crippen LogP contribution in [0.4, 0.5) is 5.69 Å². The third-order valence-electron chi connectivity index (χ3n) is 4.38. The van der Waals surface area contributed by atoms with Gasteiger partial charge in [-0.1, -0.05) is 13.3 Å². The lowest BCUT2D eigenvalue weighted by atomic mass is 10.1. The Hall–Kier alpha value is -2.34. The Morgan fingerprint density at radius 1 is 1.54 bits per heavy atom. The second-order valence-electron chi connectivity index (χ2n) is 6.26. The number of carbonyl (C=O) groups is 1. The first-order valence-electron chi connectivity index (χ1n) is 8.34. The number of H-pyrrole nitrogens is 1. The van der Waals surface area contributed by atoms with Crippen molar-refractivity contribution in [3.8, 4) is 5.75 Å². The van der Waals surface area contributed by atoms with Crippen molar-refractivity contribution in [1.82, 2.24) is 9.97 Å². The number of fused-ring (bicyclic) bond motifs is 1. The zero-order valence-electron chi connectivity index (χ0n) is 14.4. The second kappa shape index (κ2) is 6.65. The number of ether oxygens (including phenoxy) is 1. The van der Waals surface area contributed by atoms with Crippen LogP contribution in [0, 0.1) is 0 Å². The molecule has 0 fully saturated rings. The first kappa shape index (κ1) is 16.5. The van der Waals surface area contributed by atoms with Gasteiger partial charge in [-0.15, -0.1) is 0 Å². The Bertz CT molecular complexity index is 738. The molecule has 0 saturated carbocycles. The average Bonchev–Trinajstić information content (AvgIpc) is 3.17. The second-order valence-corrected chi connectivity index (χ2v) is 6.26. The van der Waals surface area contributed by atoms with Gasteiger partial charge < -0.3 is 15.5 Å². The lowest BCUT2D eigenvalue weighted by Gasteiger charge is -2.26. The van der Waals surface area contributed by atoms with Crippen LogP contribution in [0.3, 0.4) is 0 Å². The van der Waals surface area contributed by atoms with Crippen molar-refractivity contribution in [2.45, 2.75) is 45.2 Å². The molecule has 2 atom stereocenters. The molecule has 3 rings (SSSR count). The van der Waals surface area contributed by atoms with Gasteiger partial charge in [-0.2, -0.15) is 0 Å². The number of nitrogens with one attached hydrogen (secondary N) is 1. The van der Waals surface area contributed by atoms with E-state index in [-0.39, 0.29) is 11.9 Å². The van der Waals surface area contributed by atoms with Crippen molar-refractivity contribution in [1.29, 1.82) is 0 Å². The van der Waals surface area contributed by atoms with Gasteiger partial charge in [0.2, 0.25) is 5.91 Å². The lowest BCUT2D eigenvalue weighted by Crippen LogP contribution is -2.43. The molecular weight excluding hydrogens is 304 g/mol. The largest absolute Gasteiger partial charge is 0.497 e. The molecule has 0 bridgehead atoms. The number of nitrogens with zero attached hydrogens (tertiary/aromatic N) is 2. The Morgan fingerprint density at radius 2 is 2.33 bits per heavy atom. The molecule has 0 aliphatic carbocycles. The SMILES string of the molecule is CCCc1cnc([C@@H]2Cc3cc(OC)ccc3N2C(=O)[C@H](C)N)[nH]1. The Labute approximate surface area is 142 Å². The van der Waals surface area contributed by atoms with Crippen molar-refractivity contribution < 1.29 is 9.53 Å². The molecule has 2 heterocycles. The van der Waals surface area contributed by atoms with Crippen LogP contribution in [0.1, 0.15) is 43.4 Å². The highest BCUT2D eigenvalue weighted by Gasteiger charge is 2.37. The van der Waals surface area contributed by atoms with Gasteiger partial charge in [0, 0.05) is 24.0 Å². The van der Waals surface area contributed by atoms with E-state index in [1.54, 1.807) is 18.9 Å². The van der Waals surface area contributed by atoms with E-state index in [1.165, 1.54) is 0 Å². The summed E-state index contributed by atoms with van der Waals surface area (Å²) in [6.07, 6.45) is 4.55. The summed E-state index contributed by atoms with van der Waals surface area (Å²) in [4.78, 5) is 22.4. The summed E-state index contributed by atoms with van der Waals surface area (Å²) in [5.74, 6) is 1.49. The summed E-state index contributed by atoms with van der Waals surface area (Å²) in [7, 11) is 1.64. The van der Waals surface area contributed by atoms with Crippen molar-refractivity contribution in [3.05, 3.63) is 41.5 Å². The smallest absolute Gasteiger partial charge is 0.244 e. The zero-order chi connectivity index (χ0) is 17.3. The number of aryl methyl sites for hydroxylation is 1. The summed E-state index contributed by atoms with van der Waals surface area (Å²) in [6.45, 7) is 3.84. The fraction of sp³-hybridized carbons (Fsp3) is 0.444. The van der Waals surface area contributed by atoms with Crippen molar-refractivity contribution in [2.24, 2.45) is 5.73 Å². The molecule has 1 aliphatic heterocycles. The molecule has 0 radical (unpaired) electrons. The molecule has 24 heavy (non-hydrogen) atoms. The van der Waals surface area contributed by atoms with E-state index in [2.05, 4.69) is 16.9 Å². The van der Waals surface area contributed by atoms with E-state index in [1.807, 2.05) is 24.4 Å². The van der Waals surface area contributed by atoms with Crippen molar-refractivity contribution >= 4 is 11.6 Å². The number of hydrogen-bond acceptors (Lipinski definition) is 4. The van der Waals surface area contributed by atoms with Gasteiger partial charge in [0.1, 0.15) is 11.6 Å². The topological polar surface area (TPSA) is 84.2 Å². The number of nitrogens with two attached hydrogens (primary N) is 1. The van der Waals surface area contributed by atoms with Crippen LogP contribution >= 0.6 is 0 Å². The minimum atomic E-state index is -0.564. The van der Waals surface area contributed by atoms with Crippen LogP contribution in [0.2, 0.25) is 0 Å². The third kappa shape index (κ3) is 2.89. The summed E-state index contributed by atoms with van der Waals surface area (Å²) in [5, 5.41) is 0. The number of carbonyl (C=O) groups excluding carboxylic acids is 1. The Morgan fingerprint density at radius 3 is 3.00 bits per heavy atom. The average molecular weight is 328 g/mol. The highest BCUT2D eigenvalue weighted by molar-refractivity contribution is 5.99. The standard InChI is InChI=1S/C18H24N4O2/c1-4-5-13-10-20-17(21-13)16-9-12-8-14(24-3)6-7-15(12)22(16)18(23)11(2)19/h6-8,10-11,16H,4-5,9,19H2,1-3H3,(H,20,21)/t11-,16-/m0/s1. The van der Waals surface area contributed by atoms with E-state index in [0.29, 0.717) is 6.42 Å². The number of anilines is 1. The monoisotopic (exact) mass is 328 g/mol. The van der Waals surface area contributed by atoms with E-state index in [4.69, 9.17) is 10.5 Å². The van der Waals surface area contributed by atoms with E-state index >= 15 is 0 Å². The number of hydrogen-bond donors (Lipinski definition) is 2. The van der Waals surface area contributed by atoms with Gasteiger partial charge in [-0.3, -0.25) is 9.69 Å². The van der Waals surface area contributed by atoms with Crippen molar-refractivity contribution in [3.63, 3.8) is 0 Å². The van der Waals surface area contributed by atoms with Gasteiger partial charge in [0.25, 0.3) is 0 Å². The molecule has 1 aromatic heterocycles. The maximum atomic E-state index is 12.7. The summed E-state index contributed by atoms with van der Waals surface area (Å²) >= 11 is 0. The molecule has 0 spiro atoms. The number of benzene rings is 1. The Kier molecular flexibility index (Phi) is 4.57. The summed E-state index contributed by atoms with van der Waals surface area (Å²) in [5.41, 5.74) is 8.92. The lowest BCUT2D eigenvalue weighted by molar-refractivity contribution is -0.119. The molecule has 0 saturated heterocycles. The number of methoxy groups -OCH3 is 1. The molecule has 6 nitrogen and oxygen atoms in total. The fourth-order valence-electron chi connectivity index (χ4n) is 3.21. The molecule has 1 aromatic carbocycles. The minimum Gasteiger partial charge on any atom is -0.497 e. The van der Waals surface area contributed by atoms with Gasteiger partial charge >= 0.3 is 0 Å². The maximum absolute atomic E-state index is 12.7. The molecule has 6 heteroatoms. The maximum Gasteiger partial charge on any atom is 0.244 e. The molecule has 128 valence electrons. The van der Waals surface area contributed by atoms with Gasteiger partial charge in [-0.05, 0) is 37.1 Å². The Balaban J connectivity index is 1.99. The number of aromatic amines is 1. The van der Waals surface area contributed by atoms with Crippen LogP contribution in [-0.4, -0.2) is 29.0 Å². The highest BCUT2D eigenvalue weighted by Crippen LogP contribution is 2.41. The predicted octanol–water partition coefficient (Wildman–Crippen LogP) is 2.35. The molecular formula is C18H24N4O2. The quantitative estimate of drug-likeness (QED) is 0.882. The number of imidazole rings is 1. The molecule has 1 aliphatic rings. The van der Waals surface area contributed by atoms with Gasteiger partial charge in [0.15, 0.2) is 0 Å². The first-order chi connectivity index (χ1) is 11.5. The highest BCUT2D eigenvalue weighted by atomic mass is 16.5. The van der Waals surface area contributed by atoms with Gasteiger partial charge in [-0.25, -0.2) is 4.98 Å². The van der Waals surface area contributed by atoms with Crippen LogP contribution in [0.15, 0.2) is 24.4 Å². The first-order valence-corrected chi connectivity index (χ1v) is 8.34. The van der Waals surface area contributed by atoms with Crippen LogP contribution < -0.4 is 15.4 Å². The predicted molar refractivity (Wildman–Crippen MR) is 93.2 cm³/mol. The van der Waals surface area contributed by atoms with Gasteiger partial charge in [0.05, 0.1) is 19.2 Å². The molecule has 0 unspecified atom stereocenters. The van der Waals surface area contributed by atoms with E-state index < -0.39 is 6.04 Å². The molecule has 2 aromatic rings. The molecule has 3 N–H and O–H groups in total. The van der Waals surface area contributed by atoms with Crippen molar-refractivity contribution in [2.75, 3.05) is 12.0 Å². The molecule has 1 amide bonds. The number of aromatic nitrogens is 2. The van der Waals surface area contributed by atoms with Crippen LogP contribution in [-0.2, 0) is 17.6 Å². The van der Waals surface area contributed by atoms with E-state index in [0.717, 1.165) is 41.4 Å². The number of amides is 1. The van der Waals surface area contributed by atoms with Crippen LogP contribution in [0.25, 0.3) is 0 Å². The van der Waals surface area contributed by atoms with E-state index in [9.17, 15) is 4.79 Å². The normalized spacial score (nSPS) is 17.7. The summed E-state index contributed by atoms with van der Waals surface area (Å²) < 4.78 is 5.31. The minimum absolute atomic E-state index is 0.0997. The van der Waals surface area contributed by atoms with Crippen LogP contribution in [0.5, 0.6) is 5.75 Å². The fourth-order valence-corrected chi connectivity index (χ4v) is 3.21. The third-order valence-corrected chi connectivity index (χ3v) is 4.38.